The van der Waals surface area contributed by atoms with E-state index in [4.69, 9.17) is 0 Å². The van der Waals surface area contributed by atoms with Crippen molar-refractivity contribution in [3.05, 3.63) is 35.6 Å². The van der Waals surface area contributed by atoms with Crippen LogP contribution in [0.4, 0.5) is 4.39 Å². The molecule has 2 aliphatic heterocycles. The van der Waals surface area contributed by atoms with Gasteiger partial charge in [-0.25, -0.2) is 4.39 Å². The summed E-state index contributed by atoms with van der Waals surface area (Å²) in [6.07, 6.45) is 4.35. The van der Waals surface area contributed by atoms with Crippen molar-refractivity contribution >= 4 is 11.8 Å². The van der Waals surface area contributed by atoms with Crippen molar-refractivity contribution in [3.63, 3.8) is 0 Å². The van der Waals surface area contributed by atoms with Crippen LogP contribution >= 0.6 is 0 Å². The molecule has 2 saturated heterocycles. The average molecular weight is 319 g/mol. The molecule has 0 spiro atoms. The summed E-state index contributed by atoms with van der Waals surface area (Å²) >= 11 is 0. The molecule has 124 valence electrons. The van der Waals surface area contributed by atoms with E-state index in [1.54, 1.807) is 12.1 Å². The zero-order valence-corrected chi connectivity index (χ0v) is 13.0. The smallest absolute Gasteiger partial charge is 0.239 e. The van der Waals surface area contributed by atoms with E-state index in [9.17, 15) is 14.0 Å². The molecule has 3 N–H and O–H groups in total. The number of amides is 2. The van der Waals surface area contributed by atoms with Gasteiger partial charge >= 0.3 is 0 Å². The molecule has 2 atom stereocenters. The molecule has 1 aromatic rings. The molecular formula is C17H22FN3O2. The lowest BCUT2D eigenvalue weighted by Crippen LogP contribution is -2.50. The van der Waals surface area contributed by atoms with Crippen molar-refractivity contribution in [2.24, 2.45) is 0 Å². The van der Waals surface area contributed by atoms with Crippen LogP contribution < -0.4 is 16.0 Å². The summed E-state index contributed by atoms with van der Waals surface area (Å²) in [4.78, 5) is 23.8. The third-order valence-corrected chi connectivity index (χ3v) is 4.54. The van der Waals surface area contributed by atoms with Gasteiger partial charge in [0.05, 0.1) is 13.0 Å². The van der Waals surface area contributed by atoms with Crippen LogP contribution in [0.2, 0.25) is 0 Å². The van der Waals surface area contributed by atoms with Gasteiger partial charge in [-0.1, -0.05) is 12.1 Å². The monoisotopic (exact) mass is 319 g/mol. The maximum absolute atomic E-state index is 13.1. The van der Waals surface area contributed by atoms with Crippen LogP contribution in [-0.4, -0.2) is 36.5 Å². The van der Waals surface area contributed by atoms with E-state index in [-0.39, 0.29) is 36.6 Å². The molecular weight excluding hydrogens is 297 g/mol. The fourth-order valence-corrected chi connectivity index (χ4v) is 3.53. The van der Waals surface area contributed by atoms with E-state index in [1.807, 2.05) is 0 Å². The van der Waals surface area contributed by atoms with Gasteiger partial charge in [0.2, 0.25) is 11.8 Å². The molecule has 6 heteroatoms. The second kappa shape index (κ2) is 7.08. The van der Waals surface area contributed by atoms with Crippen LogP contribution in [0.3, 0.4) is 0 Å². The predicted molar refractivity (Wildman–Crippen MR) is 84.2 cm³/mol. The summed E-state index contributed by atoms with van der Waals surface area (Å²) in [5.74, 6) is -0.811. The highest BCUT2D eigenvalue weighted by Gasteiger charge is 2.33. The number of hydrogen-bond donors (Lipinski definition) is 3. The van der Waals surface area contributed by atoms with Crippen molar-refractivity contribution in [3.8, 4) is 0 Å². The molecule has 23 heavy (non-hydrogen) atoms. The number of rotatable bonds is 5. The zero-order chi connectivity index (χ0) is 16.2. The first-order valence-corrected chi connectivity index (χ1v) is 8.15. The van der Waals surface area contributed by atoms with Gasteiger partial charge in [0, 0.05) is 18.1 Å². The van der Waals surface area contributed by atoms with Gasteiger partial charge in [0.1, 0.15) is 5.82 Å². The Bertz CT molecular complexity index is 581. The number of halogens is 1. The summed E-state index contributed by atoms with van der Waals surface area (Å²) in [6.45, 7) is -0.0343. The highest BCUT2D eigenvalue weighted by molar-refractivity contribution is 5.85. The standard InChI is InChI=1S/C17H22FN3O2/c18-12-3-1-2-11(6-12)7-16(22)19-10-17(23)21-15-8-13-4-5-14(9-15)20-13/h1-3,6,13-15,20H,4-5,7-10H2,(H,19,22)(H,21,23). The Hall–Kier alpha value is -1.95. The minimum Gasteiger partial charge on any atom is -0.352 e. The molecule has 2 aliphatic rings. The van der Waals surface area contributed by atoms with Gasteiger partial charge in [-0.3, -0.25) is 9.59 Å². The normalized spacial score (nSPS) is 25.9. The molecule has 2 heterocycles. The predicted octanol–water partition coefficient (Wildman–Crippen LogP) is 0.884. The fraction of sp³-hybridized carbons (Fsp3) is 0.529. The Labute approximate surface area is 135 Å². The minimum atomic E-state index is -0.367. The van der Waals surface area contributed by atoms with Crippen LogP contribution in [0.5, 0.6) is 0 Å². The SMILES string of the molecule is O=C(Cc1cccc(F)c1)NCC(=O)NC1CC2CCC(C1)N2. The summed E-state index contributed by atoms with van der Waals surface area (Å²) < 4.78 is 13.1. The van der Waals surface area contributed by atoms with Crippen molar-refractivity contribution in [1.82, 2.24) is 16.0 Å². The molecule has 5 nitrogen and oxygen atoms in total. The summed E-state index contributed by atoms with van der Waals surface area (Å²) in [6, 6.07) is 7.14. The number of piperidine rings is 1. The van der Waals surface area contributed by atoms with E-state index in [2.05, 4.69) is 16.0 Å². The highest BCUT2D eigenvalue weighted by Crippen LogP contribution is 2.26. The first-order chi connectivity index (χ1) is 11.1. The van der Waals surface area contributed by atoms with Gasteiger partial charge in [0.15, 0.2) is 0 Å². The molecule has 0 aromatic heterocycles. The van der Waals surface area contributed by atoms with Gasteiger partial charge < -0.3 is 16.0 Å². The first-order valence-electron chi connectivity index (χ1n) is 8.15. The Kier molecular flexibility index (Phi) is 4.91. The van der Waals surface area contributed by atoms with Crippen molar-refractivity contribution in [2.45, 2.75) is 50.2 Å². The van der Waals surface area contributed by atoms with Gasteiger partial charge in [0.25, 0.3) is 0 Å². The Morgan fingerprint density at radius 2 is 1.91 bits per heavy atom. The molecule has 2 unspecified atom stereocenters. The maximum Gasteiger partial charge on any atom is 0.239 e. The van der Waals surface area contributed by atoms with Crippen molar-refractivity contribution < 1.29 is 14.0 Å². The number of nitrogens with one attached hydrogen (secondary N) is 3. The Morgan fingerprint density at radius 3 is 2.61 bits per heavy atom. The first kappa shape index (κ1) is 15.9. The molecule has 2 bridgehead atoms. The number of carbonyl (C=O) groups is 2. The van der Waals surface area contributed by atoms with Crippen LogP contribution in [0.1, 0.15) is 31.2 Å². The second-order valence-corrected chi connectivity index (χ2v) is 6.46. The minimum absolute atomic E-state index is 0.0343. The van der Waals surface area contributed by atoms with Gasteiger partial charge in [-0.2, -0.15) is 0 Å². The van der Waals surface area contributed by atoms with E-state index in [1.165, 1.54) is 25.0 Å². The fourth-order valence-electron chi connectivity index (χ4n) is 3.53. The third kappa shape index (κ3) is 4.51. The molecule has 0 aliphatic carbocycles. The van der Waals surface area contributed by atoms with E-state index in [0.29, 0.717) is 17.6 Å². The number of carbonyl (C=O) groups excluding carboxylic acids is 2. The van der Waals surface area contributed by atoms with E-state index < -0.39 is 0 Å². The lowest BCUT2D eigenvalue weighted by atomic mass is 10.00. The Balaban J connectivity index is 1.39. The molecule has 2 amide bonds. The topological polar surface area (TPSA) is 70.2 Å². The number of benzene rings is 1. The van der Waals surface area contributed by atoms with Crippen LogP contribution in [0.25, 0.3) is 0 Å². The summed E-state index contributed by atoms with van der Waals surface area (Å²) in [5, 5.41) is 9.11. The molecule has 0 saturated carbocycles. The Morgan fingerprint density at radius 1 is 1.17 bits per heavy atom. The van der Waals surface area contributed by atoms with Gasteiger partial charge in [-0.05, 0) is 43.4 Å². The zero-order valence-electron chi connectivity index (χ0n) is 13.0. The van der Waals surface area contributed by atoms with E-state index >= 15 is 0 Å². The molecule has 3 rings (SSSR count). The van der Waals surface area contributed by atoms with E-state index in [0.717, 1.165) is 12.8 Å². The second-order valence-electron chi connectivity index (χ2n) is 6.46. The lowest BCUT2D eigenvalue weighted by Gasteiger charge is -2.29. The molecule has 0 radical (unpaired) electrons. The summed E-state index contributed by atoms with van der Waals surface area (Å²) in [7, 11) is 0. The molecule has 2 fully saturated rings. The lowest BCUT2D eigenvalue weighted by molar-refractivity contribution is -0.126. The maximum atomic E-state index is 13.1. The number of hydrogen-bond acceptors (Lipinski definition) is 3. The van der Waals surface area contributed by atoms with Crippen LogP contribution in [0.15, 0.2) is 24.3 Å². The molecule has 1 aromatic carbocycles. The summed E-state index contributed by atoms with van der Waals surface area (Å²) in [5.41, 5.74) is 0.595. The van der Waals surface area contributed by atoms with Gasteiger partial charge in [-0.15, -0.1) is 0 Å². The third-order valence-electron chi connectivity index (χ3n) is 4.54. The van der Waals surface area contributed by atoms with Crippen LogP contribution in [0, 0.1) is 5.82 Å². The largest absolute Gasteiger partial charge is 0.352 e. The number of fused-ring (bicyclic) bond motifs is 2. The average Bonchev–Trinajstić information content (AvgIpc) is 2.84. The highest BCUT2D eigenvalue weighted by atomic mass is 19.1. The van der Waals surface area contributed by atoms with Crippen molar-refractivity contribution in [1.29, 1.82) is 0 Å². The quantitative estimate of drug-likeness (QED) is 0.755. The van der Waals surface area contributed by atoms with Crippen molar-refractivity contribution in [2.75, 3.05) is 6.54 Å². The van der Waals surface area contributed by atoms with Crippen LogP contribution in [-0.2, 0) is 16.0 Å².